The number of benzene rings is 1. The van der Waals surface area contributed by atoms with Crippen LogP contribution in [0.4, 0.5) is 0 Å². The first kappa shape index (κ1) is 12.4. The maximum Gasteiger partial charge on any atom is 0.243 e. The Morgan fingerprint density at radius 3 is 2.78 bits per heavy atom. The van der Waals surface area contributed by atoms with Crippen LogP contribution in [0.3, 0.4) is 0 Å². The van der Waals surface area contributed by atoms with Crippen molar-refractivity contribution >= 4 is 12.1 Å². The number of carbonyl (C=O) groups is 1. The molecular weight excluding hydrogens is 228 g/mol. The van der Waals surface area contributed by atoms with Gasteiger partial charge in [-0.2, -0.15) is 5.10 Å². The molecule has 1 saturated carbocycles. The van der Waals surface area contributed by atoms with Gasteiger partial charge < -0.3 is 4.74 Å². The Balaban J connectivity index is 1.83. The van der Waals surface area contributed by atoms with Crippen LogP contribution in [0.1, 0.15) is 18.4 Å². The SMILES string of the molecule is C=CCOc1ccc(/C=N\NC(=O)C2CC2)cc1. The van der Waals surface area contributed by atoms with Gasteiger partial charge in [0.2, 0.25) is 5.91 Å². The molecule has 0 aliphatic heterocycles. The topological polar surface area (TPSA) is 50.7 Å². The molecular formula is C14H16N2O2. The zero-order chi connectivity index (χ0) is 12.8. The zero-order valence-electron chi connectivity index (χ0n) is 10.1. The Bertz CT molecular complexity index is 447. The number of carbonyl (C=O) groups excluding carboxylic acids is 1. The number of nitrogens with one attached hydrogen (secondary N) is 1. The summed E-state index contributed by atoms with van der Waals surface area (Å²) in [6, 6.07) is 7.47. The van der Waals surface area contributed by atoms with Crippen molar-refractivity contribution in [3.8, 4) is 5.75 Å². The first-order chi connectivity index (χ1) is 8.79. The highest BCUT2D eigenvalue weighted by Crippen LogP contribution is 2.28. The minimum atomic E-state index is 0.0113. The van der Waals surface area contributed by atoms with Crippen molar-refractivity contribution in [2.75, 3.05) is 6.61 Å². The molecule has 4 heteroatoms. The third-order valence-electron chi connectivity index (χ3n) is 2.58. The third kappa shape index (κ3) is 3.73. The van der Waals surface area contributed by atoms with Crippen molar-refractivity contribution < 1.29 is 9.53 Å². The minimum absolute atomic E-state index is 0.0113. The summed E-state index contributed by atoms with van der Waals surface area (Å²) in [6.45, 7) is 4.07. The molecule has 0 radical (unpaired) electrons. The molecule has 1 aliphatic carbocycles. The lowest BCUT2D eigenvalue weighted by Crippen LogP contribution is -2.18. The van der Waals surface area contributed by atoms with Crippen LogP contribution in [-0.4, -0.2) is 18.7 Å². The number of nitrogens with zero attached hydrogens (tertiary/aromatic N) is 1. The van der Waals surface area contributed by atoms with E-state index in [9.17, 15) is 4.79 Å². The van der Waals surface area contributed by atoms with Crippen molar-refractivity contribution in [3.05, 3.63) is 42.5 Å². The van der Waals surface area contributed by atoms with E-state index in [1.165, 1.54) is 0 Å². The van der Waals surface area contributed by atoms with Gasteiger partial charge in [0.1, 0.15) is 12.4 Å². The highest BCUT2D eigenvalue weighted by molar-refractivity contribution is 5.84. The van der Waals surface area contributed by atoms with Gasteiger partial charge in [-0.05, 0) is 42.7 Å². The first-order valence-electron chi connectivity index (χ1n) is 5.96. The van der Waals surface area contributed by atoms with Crippen LogP contribution in [0.5, 0.6) is 5.75 Å². The number of hydrazone groups is 1. The molecule has 1 aromatic carbocycles. The Labute approximate surface area is 106 Å². The molecule has 1 amide bonds. The maximum atomic E-state index is 11.3. The van der Waals surface area contributed by atoms with Crippen LogP contribution in [0.15, 0.2) is 42.0 Å². The lowest BCUT2D eigenvalue weighted by molar-refractivity contribution is -0.122. The fourth-order valence-corrected chi connectivity index (χ4v) is 1.41. The second kappa shape index (κ2) is 6.00. The molecule has 0 spiro atoms. The third-order valence-corrected chi connectivity index (χ3v) is 2.58. The van der Waals surface area contributed by atoms with E-state index in [1.807, 2.05) is 24.3 Å². The predicted octanol–water partition coefficient (Wildman–Crippen LogP) is 2.11. The zero-order valence-corrected chi connectivity index (χ0v) is 10.1. The molecule has 0 saturated heterocycles. The molecule has 0 aromatic heterocycles. The Morgan fingerprint density at radius 1 is 1.44 bits per heavy atom. The second-order valence-electron chi connectivity index (χ2n) is 4.18. The average Bonchev–Trinajstić information content (AvgIpc) is 3.22. The smallest absolute Gasteiger partial charge is 0.243 e. The van der Waals surface area contributed by atoms with Gasteiger partial charge in [-0.15, -0.1) is 0 Å². The average molecular weight is 244 g/mol. The van der Waals surface area contributed by atoms with E-state index in [1.54, 1.807) is 12.3 Å². The molecule has 18 heavy (non-hydrogen) atoms. The van der Waals surface area contributed by atoms with Crippen LogP contribution in [0.2, 0.25) is 0 Å². The summed E-state index contributed by atoms with van der Waals surface area (Å²) < 4.78 is 5.36. The maximum absolute atomic E-state index is 11.3. The fourth-order valence-electron chi connectivity index (χ4n) is 1.41. The summed E-state index contributed by atoms with van der Waals surface area (Å²) in [5.41, 5.74) is 3.44. The largest absolute Gasteiger partial charge is 0.490 e. The molecule has 0 bridgehead atoms. The lowest BCUT2D eigenvalue weighted by atomic mass is 10.2. The highest BCUT2D eigenvalue weighted by atomic mass is 16.5. The van der Waals surface area contributed by atoms with E-state index in [-0.39, 0.29) is 11.8 Å². The Kier molecular flexibility index (Phi) is 4.12. The summed E-state index contributed by atoms with van der Waals surface area (Å²) in [5.74, 6) is 0.975. The van der Waals surface area contributed by atoms with Crippen molar-refractivity contribution in [2.24, 2.45) is 11.0 Å². The van der Waals surface area contributed by atoms with Gasteiger partial charge in [0, 0.05) is 5.92 Å². The number of hydrogen-bond donors (Lipinski definition) is 1. The van der Waals surface area contributed by atoms with Gasteiger partial charge in [0.05, 0.1) is 6.21 Å². The number of rotatable bonds is 6. The molecule has 1 N–H and O–H groups in total. The van der Waals surface area contributed by atoms with E-state index in [0.29, 0.717) is 6.61 Å². The molecule has 1 fully saturated rings. The van der Waals surface area contributed by atoms with Crippen molar-refractivity contribution in [2.45, 2.75) is 12.8 Å². The normalized spacial score (nSPS) is 14.4. The Morgan fingerprint density at radius 2 is 2.17 bits per heavy atom. The molecule has 1 aliphatic rings. The predicted molar refractivity (Wildman–Crippen MR) is 70.6 cm³/mol. The molecule has 1 aromatic rings. The highest BCUT2D eigenvalue weighted by Gasteiger charge is 2.29. The van der Waals surface area contributed by atoms with Crippen LogP contribution in [0, 0.1) is 5.92 Å². The van der Waals surface area contributed by atoms with E-state index in [2.05, 4.69) is 17.1 Å². The fraction of sp³-hybridized carbons (Fsp3) is 0.286. The number of ether oxygens (including phenoxy) is 1. The van der Waals surface area contributed by atoms with E-state index < -0.39 is 0 Å². The molecule has 0 heterocycles. The summed E-state index contributed by atoms with van der Waals surface area (Å²) in [5, 5.41) is 3.91. The quantitative estimate of drug-likeness (QED) is 0.473. The Hall–Kier alpha value is -2.10. The van der Waals surface area contributed by atoms with Gasteiger partial charge in [-0.1, -0.05) is 12.7 Å². The van der Waals surface area contributed by atoms with Gasteiger partial charge in [-0.3, -0.25) is 4.79 Å². The molecule has 2 rings (SSSR count). The van der Waals surface area contributed by atoms with E-state index in [0.717, 1.165) is 24.2 Å². The summed E-state index contributed by atoms with van der Waals surface area (Å²) >= 11 is 0. The number of hydrogen-bond acceptors (Lipinski definition) is 3. The van der Waals surface area contributed by atoms with Gasteiger partial charge >= 0.3 is 0 Å². The molecule has 94 valence electrons. The summed E-state index contributed by atoms with van der Waals surface area (Å²) in [4.78, 5) is 11.3. The van der Waals surface area contributed by atoms with E-state index >= 15 is 0 Å². The summed E-state index contributed by atoms with van der Waals surface area (Å²) in [7, 11) is 0. The van der Waals surface area contributed by atoms with Crippen LogP contribution < -0.4 is 10.2 Å². The van der Waals surface area contributed by atoms with Crippen LogP contribution >= 0.6 is 0 Å². The second-order valence-corrected chi connectivity index (χ2v) is 4.18. The monoisotopic (exact) mass is 244 g/mol. The van der Waals surface area contributed by atoms with Gasteiger partial charge in [0.25, 0.3) is 0 Å². The lowest BCUT2D eigenvalue weighted by Gasteiger charge is -2.02. The van der Waals surface area contributed by atoms with Crippen molar-refractivity contribution in [3.63, 3.8) is 0 Å². The van der Waals surface area contributed by atoms with Crippen LogP contribution in [-0.2, 0) is 4.79 Å². The first-order valence-corrected chi connectivity index (χ1v) is 5.96. The standard InChI is InChI=1S/C14H16N2O2/c1-2-9-18-13-7-3-11(4-8-13)10-15-16-14(17)12-5-6-12/h2-4,7-8,10,12H,1,5-6,9H2,(H,16,17)/b15-10-. The molecule has 0 atom stereocenters. The summed E-state index contributed by atoms with van der Waals surface area (Å²) in [6.07, 6.45) is 5.29. The minimum Gasteiger partial charge on any atom is -0.490 e. The molecule has 4 nitrogen and oxygen atoms in total. The van der Waals surface area contributed by atoms with Gasteiger partial charge in [-0.25, -0.2) is 5.43 Å². The van der Waals surface area contributed by atoms with Gasteiger partial charge in [0.15, 0.2) is 0 Å². The van der Waals surface area contributed by atoms with Crippen LogP contribution in [0.25, 0.3) is 0 Å². The number of amides is 1. The van der Waals surface area contributed by atoms with Crippen molar-refractivity contribution in [1.82, 2.24) is 5.43 Å². The molecule has 0 unspecified atom stereocenters. The van der Waals surface area contributed by atoms with E-state index in [4.69, 9.17) is 4.74 Å². The van der Waals surface area contributed by atoms with Crippen molar-refractivity contribution in [1.29, 1.82) is 0 Å².